The van der Waals surface area contributed by atoms with Crippen LogP contribution in [0.5, 0.6) is 0 Å². The van der Waals surface area contributed by atoms with E-state index in [1.807, 2.05) is 30.3 Å². The second kappa shape index (κ2) is 9.23. The number of hydrogen-bond acceptors (Lipinski definition) is 4. The Morgan fingerprint density at radius 3 is 2.31 bits per heavy atom. The van der Waals surface area contributed by atoms with Crippen LogP contribution >= 0.6 is 11.8 Å². The average molecular weight is 458 g/mol. The monoisotopic (exact) mass is 458 g/mol. The lowest BCUT2D eigenvalue weighted by Crippen LogP contribution is -2.16. The molecule has 0 aliphatic heterocycles. The van der Waals surface area contributed by atoms with Crippen LogP contribution in [0.1, 0.15) is 0 Å². The molecule has 0 fully saturated rings. The third-order valence-corrected chi connectivity index (χ3v) is 5.32. The van der Waals surface area contributed by atoms with E-state index in [1.165, 1.54) is 12.1 Å². The Bertz CT molecular complexity index is 1260. The summed E-state index contributed by atoms with van der Waals surface area (Å²) in [6, 6.07) is 16.5. The summed E-state index contributed by atoms with van der Waals surface area (Å²) in [6.45, 7) is 0. The molecule has 0 aliphatic carbocycles. The van der Waals surface area contributed by atoms with E-state index in [0.717, 1.165) is 23.9 Å². The van der Waals surface area contributed by atoms with E-state index in [2.05, 4.69) is 15.5 Å². The van der Waals surface area contributed by atoms with Crippen LogP contribution in [0.2, 0.25) is 0 Å². The van der Waals surface area contributed by atoms with E-state index in [1.54, 1.807) is 16.7 Å². The Labute approximate surface area is 184 Å². The summed E-state index contributed by atoms with van der Waals surface area (Å²) in [6.07, 6.45) is 0. The normalized spacial score (nSPS) is 10.9. The highest BCUT2D eigenvalue weighted by atomic mass is 32.2. The number of rotatable bonds is 6. The number of para-hydroxylation sites is 1. The lowest BCUT2D eigenvalue weighted by molar-refractivity contribution is -0.113. The van der Waals surface area contributed by atoms with Gasteiger partial charge in [0.15, 0.2) is 28.4 Å². The quantitative estimate of drug-likeness (QED) is 0.245. The van der Waals surface area contributed by atoms with Crippen molar-refractivity contribution in [1.29, 1.82) is 0 Å². The summed E-state index contributed by atoms with van der Waals surface area (Å²) in [5.74, 6) is -5.30. The highest BCUT2D eigenvalue weighted by Gasteiger charge is 2.19. The molecule has 3 aromatic carbocycles. The molecule has 0 saturated carbocycles. The van der Waals surface area contributed by atoms with E-state index >= 15 is 0 Å². The first kappa shape index (κ1) is 21.6. The van der Waals surface area contributed by atoms with Crippen molar-refractivity contribution >= 4 is 23.4 Å². The molecule has 162 valence electrons. The molecule has 1 amide bonds. The Morgan fingerprint density at radius 2 is 1.59 bits per heavy atom. The molecule has 32 heavy (non-hydrogen) atoms. The number of carbonyl (C=O) groups is 1. The molecule has 0 unspecified atom stereocenters. The van der Waals surface area contributed by atoms with Crippen LogP contribution in [0.4, 0.5) is 23.2 Å². The fourth-order valence-corrected chi connectivity index (χ4v) is 3.65. The Hall–Kier alpha value is -3.66. The molecule has 1 N–H and O–H groups in total. The first-order chi connectivity index (χ1) is 15.4. The molecular weight excluding hydrogens is 444 g/mol. The number of carbonyl (C=O) groups excluding carboxylic acids is 1. The average Bonchev–Trinajstić information content (AvgIpc) is 3.23. The van der Waals surface area contributed by atoms with Crippen LogP contribution in [-0.4, -0.2) is 26.4 Å². The predicted octanol–water partition coefficient (Wildman–Crippen LogP) is 5.22. The summed E-state index contributed by atoms with van der Waals surface area (Å²) in [5.41, 5.74) is 0.861. The second-order valence-electron chi connectivity index (χ2n) is 6.54. The second-order valence-corrected chi connectivity index (χ2v) is 7.49. The van der Waals surface area contributed by atoms with E-state index < -0.39 is 34.9 Å². The van der Waals surface area contributed by atoms with Gasteiger partial charge in [0.1, 0.15) is 5.82 Å². The molecule has 4 aromatic rings. The number of thioether (sulfide) groups is 1. The maximum absolute atomic E-state index is 13.8. The van der Waals surface area contributed by atoms with Crippen molar-refractivity contribution in [1.82, 2.24) is 14.8 Å². The van der Waals surface area contributed by atoms with Crippen molar-refractivity contribution < 1.29 is 22.4 Å². The van der Waals surface area contributed by atoms with Gasteiger partial charge in [-0.3, -0.25) is 9.36 Å². The van der Waals surface area contributed by atoms with Crippen molar-refractivity contribution in [2.24, 2.45) is 0 Å². The number of anilines is 1. The first-order valence-electron chi connectivity index (χ1n) is 9.27. The number of hydrogen-bond donors (Lipinski definition) is 1. The van der Waals surface area contributed by atoms with Crippen LogP contribution < -0.4 is 5.32 Å². The Kier molecular flexibility index (Phi) is 6.22. The van der Waals surface area contributed by atoms with Crippen molar-refractivity contribution in [3.05, 3.63) is 90.0 Å². The Balaban J connectivity index is 1.58. The predicted molar refractivity (Wildman–Crippen MR) is 112 cm³/mol. The molecule has 10 heteroatoms. The topological polar surface area (TPSA) is 59.8 Å². The molecule has 0 atom stereocenters. The van der Waals surface area contributed by atoms with Gasteiger partial charge in [0.05, 0.1) is 11.4 Å². The molecule has 0 spiro atoms. The summed E-state index contributed by atoms with van der Waals surface area (Å²) in [7, 11) is 0. The van der Waals surface area contributed by atoms with Gasteiger partial charge in [0, 0.05) is 11.3 Å². The number of halogens is 4. The number of benzene rings is 3. The minimum atomic E-state index is -1.66. The van der Waals surface area contributed by atoms with Gasteiger partial charge in [-0.15, -0.1) is 10.2 Å². The van der Waals surface area contributed by atoms with E-state index in [4.69, 9.17) is 0 Å². The van der Waals surface area contributed by atoms with Crippen LogP contribution in [0.3, 0.4) is 0 Å². The van der Waals surface area contributed by atoms with Gasteiger partial charge in [-0.05, 0) is 48.5 Å². The van der Waals surface area contributed by atoms with Crippen LogP contribution in [-0.2, 0) is 4.79 Å². The van der Waals surface area contributed by atoms with Crippen molar-refractivity contribution in [3.8, 4) is 17.1 Å². The molecule has 0 radical (unpaired) electrons. The largest absolute Gasteiger partial charge is 0.323 e. The third-order valence-electron chi connectivity index (χ3n) is 4.39. The maximum Gasteiger partial charge on any atom is 0.234 e. The minimum absolute atomic E-state index is 0.202. The van der Waals surface area contributed by atoms with Crippen LogP contribution in [0.15, 0.2) is 71.9 Å². The number of nitrogens with one attached hydrogen (secondary N) is 1. The summed E-state index contributed by atoms with van der Waals surface area (Å²) in [4.78, 5) is 12.3. The highest BCUT2D eigenvalue weighted by Crippen LogP contribution is 2.28. The summed E-state index contributed by atoms with van der Waals surface area (Å²) >= 11 is 1.01. The minimum Gasteiger partial charge on any atom is -0.323 e. The lowest BCUT2D eigenvalue weighted by atomic mass is 10.2. The van der Waals surface area contributed by atoms with Crippen LogP contribution in [0.25, 0.3) is 17.1 Å². The smallest absolute Gasteiger partial charge is 0.234 e. The van der Waals surface area contributed by atoms with Crippen LogP contribution in [0, 0.1) is 23.3 Å². The van der Waals surface area contributed by atoms with Crippen molar-refractivity contribution in [2.75, 3.05) is 11.1 Å². The lowest BCUT2D eigenvalue weighted by Gasteiger charge is -2.11. The SMILES string of the molecule is O=C(CSc1nnc(-c2ccc(F)cc2)n1-c1ccccc1)Nc1ccc(F)c(F)c1F. The molecule has 1 aromatic heterocycles. The molecule has 0 bridgehead atoms. The first-order valence-corrected chi connectivity index (χ1v) is 10.3. The zero-order chi connectivity index (χ0) is 22.7. The molecule has 0 aliphatic rings. The van der Waals surface area contributed by atoms with Gasteiger partial charge in [0.25, 0.3) is 0 Å². The Morgan fingerprint density at radius 1 is 0.875 bits per heavy atom. The van der Waals surface area contributed by atoms with Gasteiger partial charge in [-0.2, -0.15) is 0 Å². The molecule has 4 rings (SSSR count). The number of amides is 1. The molecular formula is C22H14F4N4OS. The molecule has 0 saturated heterocycles. The van der Waals surface area contributed by atoms with Gasteiger partial charge in [-0.1, -0.05) is 30.0 Å². The number of aromatic nitrogens is 3. The zero-order valence-corrected chi connectivity index (χ0v) is 17.0. The highest BCUT2D eigenvalue weighted by molar-refractivity contribution is 7.99. The maximum atomic E-state index is 13.8. The third kappa shape index (κ3) is 4.50. The molecule has 1 heterocycles. The van der Waals surface area contributed by atoms with E-state index in [-0.39, 0.29) is 5.75 Å². The fourth-order valence-electron chi connectivity index (χ4n) is 2.90. The van der Waals surface area contributed by atoms with E-state index in [0.29, 0.717) is 22.2 Å². The van der Waals surface area contributed by atoms with Crippen molar-refractivity contribution in [2.45, 2.75) is 5.16 Å². The number of nitrogens with zero attached hydrogens (tertiary/aromatic N) is 3. The van der Waals surface area contributed by atoms with Gasteiger partial charge < -0.3 is 5.32 Å². The van der Waals surface area contributed by atoms with E-state index in [9.17, 15) is 22.4 Å². The van der Waals surface area contributed by atoms with Gasteiger partial charge >= 0.3 is 0 Å². The standard InChI is InChI=1S/C22H14F4N4OS/c23-14-8-6-13(7-9-14)21-28-29-22(30(21)15-4-2-1-3-5-15)32-12-18(31)27-17-11-10-16(24)19(25)20(17)26/h1-11H,12H2,(H,27,31). The van der Waals surface area contributed by atoms with Gasteiger partial charge in [-0.25, -0.2) is 17.6 Å². The van der Waals surface area contributed by atoms with Crippen molar-refractivity contribution in [3.63, 3.8) is 0 Å². The summed E-state index contributed by atoms with van der Waals surface area (Å²) < 4.78 is 55.3. The zero-order valence-electron chi connectivity index (χ0n) is 16.2. The molecule has 5 nitrogen and oxygen atoms in total. The van der Waals surface area contributed by atoms with Gasteiger partial charge in [0.2, 0.25) is 5.91 Å². The summed E-state index contributed by atoms with van der Waals surface area (Å²) in [5, 5.41) is 10.9. The fraction of sp³-hybridized carbons (Fsp3) is 0.0455.